The van der Waals surface area contributed by atoms with E-state index in [2.05, 4.69) is 0 Å². The average Bonchev–Trinajstić information content (AvgIpc) is 2.40. The van der Waals surface area contributed by atoms with Gasteiger partial charge in [0.2, 0.25) is 0 Å². The summed E-state index contributed by atoms with van der Waals surface area (Å²) >= 11 is 0. The first kappa shape index (κ1) is 13.3. The van der Waals surface area contributed by atoms with Crippen molar-refractivity contribution in [2.75, 3.05) is 0 Å². The van der Waals surface area contributed by atoms with Gasteiger partial charge in [-0.25, -0.2) is 0 Å². The summed E-state index contributed by atoms with van der Waals surface area (Å²) in [5.74, 6) is -0.768. The van der Waals surface area contributed by atoms with E-state index in [1.807, 2.05) is 54.6 Å². The van der Waals surface area contributed by atoms with Gasteiger partial charge in [-0.3, -0.25) is 4.79 Å². The van der Waals surface area contributed by atoms with Gasteiger partial charge in [0.05, 0.1) is 5.41 Å². The molecule has 0 bridgehead atoms. The molecule has 2 nitrogen and oxygen atoms in total. The molecule has 2 heteroatoms. The van der Waals surface area contributed by atoms with Crippen LogP contribution in [0.5, 0.6) is 0 Å². The molecule has 0 aromatic heterocycles. The smallest absolute Gasteiger partial charge is 0.309 e. The van der Waals surface area contributed by atoms with Gasteiger partial charge in [-0.05, 0) is 37.0 Å². The van der Waals surface area contributed by atoms with Gasteiger partial charge in [-0.1, -0.05) is 54.6 Å². The van der Waals surface area contributed by atoms with E-state index in [0.717, 1.165) is 16.7 Å². The van der Waals surface area contributed by atoms with Crippen LogP contribution in [0, 0.1) is 5.41 Å². The van der Waals surface area contributed by atoms with E-state index in [1.54, 1.807) is 13.8 Å². The van der Waals surface area contributed by atoms with Crippen molar-refractivity contribution in [2.45, 2.75) is 20.3 Å². The maximum absolute atomic E-state index is 11.3. The average molecular weight is 254 g/mol. The summed E-state index contributed by atoms with van der Waals surface area (Å²) in [7, 11) is 0. The number of carbonyl (C=O) groups is 1. The van der Waals surface area contributed by atoms with Gasteiger partial charge >= 0.3 is 5.97 Å². The Morgan fingerprint density at radius 1 is 1.00 bits per heavy atom. The molecular formula is C17H18O2. The monoisotopic (exact) mass is 254 g/mol. The Balaban J connectivity index is 2.40. The fraction of sp³-hybridized carbons (Fsp3) is 0.235. The lowest BCUT2D eigenvalue weighted by Gasteiger charge is -2.21. The molecule has 0 aliphatic rings. The molecule has 0 amide bonds. The molecule has 0 aliphatic carbocycles. The van der Waals surface area contributed by atoms with Crippen LogP contribution in [0.25, 0.3) is 11.1 Å². The van der Waals surface area contributed by atoms with E-state index >= 15 is 0 Å². The number of aliphatic carboxylic acids is 1. The molecule has 1 N–H and O–H groups in total. The Morgan fingerprint density at radius 2 is 1.58 bits per heavy atom. The van der Waals surface area contributed by atoms with E-state index < -0.39 is 11.4 Å². The minimum atomic E-state index is -0.768. The second-order valence-corrected chi connectivity index (χ2v) is 5.39. The highest BCUT2D eigenvalue weighted by Crippen LogP contribution is 2.29. The lowest BCUT2D eigenvalue weighted by molar-refractivity contribution is -0.146. The zero-order valence-corrected chi connectivity index (χ0v) is 11.3. The van der Waals surface area contributed by atoms with Gasteiger partial charge in [-0.15, -0.1) is 0 Å². The zero-order chi connectivity index (χ0) is 13.9. The van der Waals surface area contributed by atoms with Gasteiger partial charge in [0.25, 0.3) is 0 Å². The second kappa shape index (κ2) is 5.27. The van der Waals surface area contributed by atoms with Crippen LogP contribution in [0.1, 0.15) is 19.4 Å². The fourth-order valence-electron chi connectivity index (χ4n) is 2.13. The molecule has 0 spiro atoms. The highest BCUT2D eigenvalue weighted by Gasteiger charge is 2.28. The Morgan fingerprint density at radius 3 is 2.21 bits per heavy atom. The summed E-state index contributed by atoms with van der Waals surface area (Å²) in [4.78, 5) is 11.3. The van der Waals surface area contributed by atoms with E-state index in [9.17, 15) is 9.90 Å². The van der Waals surface area contributed by atoms with Gasteiger partial charge in [-0.2, -0.15) is 0 Å². The van der Waals surface area contributed by atoms with Gasteiger partial charge in [0, 0.05) is 0 Å². The lowest BCUT2D eigenvalue weighted by atomic mass is 9.83. The summed E-state index contributed by atoms with van der Waals surface area (Å²) in [5.41, 5.74) is 2.54. The standard InChI is InChI=1S/C17H18O2/c1-17(2,16(18)19)12-14-10-6-7-11-15(14)13-8-4-3-5-9-13/h3-11H,12H2,1-2H3,(H,18,19). The highest BCUT2D eigenvalue weighted by atomic mass is 16.4. The summed E-state index contributed by atoms with van der Waals surface area (Å²) in [6.07, 6.45) is 0.521. The zero-order valence-electron chi connectivity index (χ0n) is 11.3. The van der Waals surface area contributed by atoms with Crippen molar-refractivity contribution in [1.29, 1.82) is 0 Å². The molecule has 0 radical (unpaired) electrons. The SMILES string of the molecule is CC(C)(Cc1ccccc1-c1ccccc1)C(=O)O. The molecule has 0 unspecified atom stereocenters. The third kappa shape index (κ3) is 3.02. The van der Waals surface area contributed by atoms with Crippen molar-refractivity contribution in [3.05, 3.63) is 60.2 Å². The molecule has 0 saturated carbocycles. The molecular weight excluding hydrogens is 236 g/mol. The molecule has 0 heterocycles. The van der Waals surface area contributed by atoms with Gasteiger partial charge in [0.1, 0.15) is 0 Å². The molecule has 0 aliphatic heterocycles. The van der Waals surface area contributed by atoms with Crippen LogP contribution in [0.15, 0.2) is 54.6 Å². The predicted molar refractivity (Wildman–Crippen MR) is 77.0 cm³/mol. The first-order valence-corrected chi connectivity index (χ1v) is 6.37. The third-order valence-corrected chi connectivity index (χ3v) is 3.31. The summed E-state index contributed by atoms with van der Waals surface area (Å²) in [5, 5.41) is 9.26. The third-order valence-electron chi connectivity index (χ3n) is 3.31. The van der Waals surface area contributed by atoms with Crippen LogP contribution in [-0.4, -0.2) is 11.1 Å². The molecule has 0 fully saturated rings. The van der Waals surface area contributed by atoms with Crippen molar-refractivity contribution < 1.29 is 9.90 Å². The molecule has 0 atom stereocenters. The molecule has 0 saturated heterocycles. The topological polar surface area (TPSA) is 37.3 Å². The summed E-state index contributed by atoms with van der Waals surface area (Å²) < 4.78 is 0. The van der Waals surface area contributed by atoms with Gasteiger partial charge in [0.15, 0.2) is 0 Å². The molecule has 2 rings (SSSR count). The van der Waals surface area contributed by atoms with Gasteiger partial charge < -0.3 is 5.11 Å². The Bertz CT molecular complexity index is 571. The van der Waals surface area contributed by atoms with E-state index in [-0.39, 0.29) is 0 Å². The first-order valence-electron chi connectivity index (χ1n) is 6.37. The van der Waals surface area contributed by atoms with Crippen LogP contribution in [0.3, 0.4) is 0 Å². The van der Waals surface area contributed by atoms with Crippen molar-refractivity contribution >= 4 is 5.97 Å². The Labute approximate surface area is 113 Å². The maximum Gasteiger partial charge on any atom is 0.309 e. The first-order chi connectivity index (χ1) is 9.00. The van der Waals surface area contributed by atoms with Crippen LogP contribution in [-0.2, 0) is 11.2 Å². The number of hydrogen-bond acceptors (Lipinski definition) is 1. The van der Waals surface area contributed by atoms with Crippen LogP contribution < -0.4 is 0 Å². The van der Waals surface area contributed by atoms with Crippen LogP contribution in [0.2, 0.25) is 0 Å². The second-order valence-electron chi connectivity index (χ2n) is 5.39. The highest BCUT2D eigenvalue weighted by molar-refractivity contribution is 5.75. The predicted octanol–water partition coefficient (Wildman–Crippen LogP) is 4.01. The summed E-state index contributed by atoms with van der Waals surface area (Å²) in [6.45, 7) is 3.52. The van der Waals surface area contributed by atoms with E-state index in [0.29, 0.717) is 6.42 Å². The Hall–Kier alpha value is -2.09. The quantitative estimate of drug-likeness (QED) is 0.895. The van der Waals surface area contributed by atoms with Crippen molar-refractivity contribution in [3.63, 3.8) is 0 Å². The van der Waals surface area contributed by atoms with Crippen molar-refractivity contribution in [2.24, 2.45) is 5.41 Å². The minimum Gasteiger partial charge on any atom is -0.481 e. The molecule has 2 aromatic carbocycles. The Kier molecular flexibility index (Phi) is 3.70. The largest absolute Gasteiger partial charge is 0.481 e. The maximum atomic E-state index is 11.3. The summed E-state index contributed by atoms with van der Waals surface area (Å²) in [6, 6.07) is 18.1. The molecule has 98 valence electrons. The normalized spacial score (nSPS) is 11.3. The van der Waals surface area contributed by atoms with Crippen molar-refractivity contribution in [1.82, 2.24) is 0 Å². The van der Waals surface area contributed by atoms with Crippen LogP contribution >= 0.6 is 0 Å². The number of carboxylic acids is 1. The molecule has 19 heavy (non-hydrogen) atoms. The fourth-order valence-corrected chi connectivity index (χ4v) is 2.13. The number of rotatable bonds is 4. The minimum absolute atomic E-state index is 0.521. The lowest BCUT2D eigenvalue weighted by Crippen LogP contribution is -2.26. The molecule has 2 aromatic rings. The van der Waals surface area contributed by atoms with E-state index in [1.165, 1.54) is 0 Å². The van der Waals surface area contributed by atoms with E-state index in [4.69, 9.17) is 0 Å². The van der Waals surface area contributed by atoms with Crippen molar-refractivity contribution in [3.8, 4) is 11.1 Å². The van der Waals surface area contributed by atoms with Crippen LogP contribution in [0.4, 0.5) is 0 Å². The number of hydrogen-bond donors (Lipinski definition) is 1. The number of carboxylic acid groups (broad SMARTS) is 1. The number of benzene rings is 2.